The smallest absolute Gasteiger partial charge is 0.248 e. The van der Waals surface area contributed by atoms with Crippen LogP contribution in [-0.2, 0) is 6.54 Å². The minimum Gasteiger partial charge on any atom is -0.497 e. The lowest BCUT2D eigenvalue weighted by atomic mass is 9.96. The molecule has 3 rings (SSSR count). The number of halogens is 1. The Bertz CT molecular complexity index is 846. The van der Waals surface area contributed by atoms with Crippen LogP contribution in [0.15, 0.2) is 57.4 Å². The number of aromatic nitrogens is 2. The molecule has 0 saturated carbocycles. The maximum absolute atomic E-state index is 5.82. The summed E-state index contributed by atoms with van der Waals surface area (Å²) < 4.78 is 12.0. The third kappa shape index (κ3) is 4.31. The predicted octanol–water partition coefficient (Wildman–Crippen LogP) is 4.99. The highest BCUT2D eigenvalue weighted by Crippen LogP contribution is 2.27. The summed E-state index contributed by atoms with van der Waals surface area (Å²) in [7, 11) is 1.67. The van der Waals surface area contributed by atoms with E-state index in [2.05, 4.69) is 57.4 Å². The minimum atomic E-state index is 0.180. The van der Waals surface area contributed by atoms with Gasteiger partial charge in [-0.15, -0.1) is 10.2 Å². The lowest BCUT2D eigenvalue weighted by molar-refractivity contribution is 0.379. The summed E-state index contributed by atoms with van der Waals surface area (Å²) in [6.45, 7) is 4.87. The molecule has 0 spiro atoms. The van der Waals surface area contributed by atoms with E-state index in [1.165, 1.54) is 5.56 Å². The van der Waals surface area contributed by atoms with Crippen LogP contribution < -0.4 is 10.1 Å². The van der Waals surface area contributed by atoms with Gasteiger partial charge in [-0.1, -0.05) is 38.1 Å². The van der Waals surface area contributed by atoms with E-state index >= 15 is 0 Å². The van der Waals surface area contributed by atoms with Crippen LogP contribution in [0.3, 0.4) is 0 Å². The zero-order chi connectivity index (χ0) is 18.5. The second kappa shape index (κ2) is 8.47. The molecule has 1 N–H and O–H groups in total. The quantitative estimate of drug-likeness (QED) is 0.588. The molecule has 0 aliphatic carbocycles. The van der Waals surface area contributed by atoms with Gasteiger partial charge in [0.2, 0.25) is 11.8 Å². The van der Waals surface area contributed by atoms with Gasteiger partial charge in [0.15, 0.2) is 0 Å². The molecule has 0 fully saturated rings. The topological polar surface area (TPSA) is 60.2 Å². The molecule has 6 heteroatoms. The monoisotopic (exact) mass is 415 g/mol. The Kier molecular flexibility index (Phi) is 6.06. The van der Waals surface area contributed by atoms with Crippen molar-refractivity contribution in [3.8, 4) is 17.2 Å². The molecular formula is C20H22BrN3O2. The number of ether oxygens (including phenoxy) is 1. The van der Waals surface area contributed by atoms with Gasteiger partial charge in [-0.2, -0.15) is 0 Å². The molecule has 0 bridgehead atoms. The Balaban J connectivity index is 1.71. The Morgan fingerprint density at radius 2 is 1.81 bits per heavy atom. The molecule has 2 aromatic carbocycles. The Labute approximate surface area is 161 Å². The van der Waals surface area contributed by atoms with E-state index in [9.17, 15) is 0 Å². The van der Waals surface area contributed by atoms with E-state index in [1.807, 2.05) is 36.4 Å². The van der Waals surface area contributed by atoms with E-state index in [0.717, 1.165) is 15.8 Å². The van der Waals surface area contributed by atoms with Crippen LogP contribution in [0.25, 0.3) is 11.5 Å². The van der Waals surface area contributed by atoms with Crippen molar-refractivity contribution in [1.82, 2.24) is 15.5 Å². The third-order valence-electron chi connectivity index (χ3n) is 4.19. The molecule has 1 heterocycles. The number of hydrogen-bond acceptors (Lipinski definition) is 5. The molecule has 136 valence electrons. The van der Waals surface area contributed by atoms with Crippen molar-refractivity contribution in [2.75, 3.05) is 7.11 Å². The Morgan fingerprint density at radius 1 is 1.08 bits per heavy atom. The first-order chi connectivity index (χ1) is 12.6. The van der Waals surface area contributed by atoms with E-state index < -0.39 is 0 Å². The van der Waals surface area contributed by atoms with Crippen LogP contribution in [0.4, 0.5) is 0 Å². The van der Waals surface area contributed by atoms with Crippen LogP contribution in [-0.4, -0.2) is 17.3 Å². The molecular weight excluding hydrogens is 394 g/mol. The zero-order valence-electron chi connectivity index (χ0n) is 15.1. The van der Waals surface area contributed by atoms with Gasteiger partial charge in [-0.25, -0.2) is 0 Å². The summed E-state index contributed by atoms with van der Waals surface area (Å²) in [4.78, 5) is 0. The maximum Gasteiger partial charge on any atom is 0.248 e. The van der Waals surface area contributed by atoms with Crippen LogP contribution in [0, 0.1) is 5.92 Å². The molecule has 1 atom stereocenters. The van der Waals surface area contributed by atoms with Gasteiger partial charge in [0.05, 0.1) is 19.2 Å². The van der Waals surface area contributed by atoms with Crippen molar-refractivity contribution >= 4 is 15.9 Å². The molecule has 0 saturated heterocycles. The average Bonchev–Trinajstić information content (AvgIpc) is 3.11. The van der Waals surface area contributed by atoms with Crippen molar-refractivity contribution in [2.24, 2.45) is 5.92 Å². The first-order valence-electron chi connectivity index (χ1n) is 8.53. The highest BCUT2D eigenvalue weighted by Gasteiger charge is 2.17. The fraction of sp³-hybridized carbons (Fsp3) is 0.300. The maximum atomic E-state index is 5.82. The molecule has 5 nitrogen and oxygen atoms in total. The first-order valence-corrected chi connectivity index (χ1v) is 9.32. The molecule has 1 aromatic heterocycles. The molecule has 1 unspecified atom stereocenters. The van der Waals surface area contributed by atoms with Crippen LogP contribution in [0.2, 0.25) is 0 Å². The van der Waals surface area contributed by atoms with Crippen LogP contribution in [0.5, 0.6) is 5.75 Å². The van der Waals surface area contributed by atoms with Crippen molar-refractivity contribution < 1.29 is 9.15 Å². The van der Waals surface area contributed by atoms with Crippen molar-refractivity contribution in [1.29, 1.82) is 0 Å². The van der Waals surface area contributed by atoms with E-state index in [-0.39, 0.29) is 6.04 Å². The molecule has 3 aromatic rings. The lowest BCUT2D eigenvalue weighted by Gasteiger charge is -2.22. The number of rotatable bonds is 7. The number of nitrogens with zero attached hydrogens (tertiary/aromatic N) is 2. The fourth-order valence-electron chi connectivity index (χ4n) is 2.82. The van der Waals surface area contributed by atoms with Gasteiger partial charge < -0.3 is 14.5 Å². The number of benzene rings is 2. The van der Waals surface area contributed by atoms with Gasteiger partial charge in [-0.05, 0) is 51.7 Å². The van der Waals surface area contributed by atoms with Crippen molar-refractivity contribution in [3.05, 3.63) is 64.5 Å². The van der Waals surface area contributed by atoms with Crippen molar-refractivity contribution in [2.45, 2.75) is 26.4 Å². The van der Waals surface area contributed by atoms with Crippen LogP contribution >= 0.6 is 15.9 Å². The number of methoxy groups -OCH3 is 1. The molecule has 0 amide bonds. The van der Waals surface area contributed by atoms with Gasteiger partial charge in [0, 0.05) is 10.5 Å². The molecule has 26 heavy (non-hydrogen) atoms. The van der Waals surface area contributed by atoms with Gasteiger partial charge in [0.25, 0.3) is 0 Å². The van der Waals surface area contributed by atoms with E-state index in [0.29, 0.717) is 24.2 Å². The number of hydrogen-bond donors (Lipinski definition) is 1. The first kappa shape index (κ1) is 18.6. The second-order valence-electron chi connectivity index (χ2n) is 6.36. The second-order valence-corrected chi connectivity index (χ2v) is 7.21. The summed E-state index contributed by atoms with van der Waals surface area (Å²) in [6.07, 6.45) is 0. The zero-order valence-corrected chi connectivity index (χ0v) is 16.7. The Hall–Kier alpha value is -2.18. The summed E-state index contributed by atoms with van der Waals surface area (Å²) >= 11 is 3.51. The third-order valence-corrected chi connectivity index (χ3v) is 4.88. The van der Waals surface area contributed by atoms with Gasteiger partial charge >= 0.3 is 0 Å². The average molecular weight is 416 g/mol. The summed E-state index contributed by atoms with van der Waals surface area (Å²) in [5, 5.41) is 11.8. The molecule has 0 aliphatic rings. The standard InChI is InChI=1S/C20H22BrN3O2/c1-13(2)19(14-8-10-15(25-3)11-9-14)22-12-18-23-24-20(26-18)16-6-4-5-7-17(16)21/h4-11,13,19,22H,12H2,1-3H3. The van der Waals surface area contributed by atoms with Crippen LogP contribution in [0.1, 0.15) is 31.3 Å². The van der Waals surface area contributed by atoms with Crippen molar-refractivity contribution in [3.63, 3.8) is 0 Å². The van der Waals surface area contributed by atoms with E-state index in [1.54, 1.807) is 7.11 Å². The highest BCUT2D eigenvalue weighted by atomic mass is 79.9. The predicted molar refractivity (Wildman–Crippen MR) is 105 cm³/mol. The van der Waals surface area contributed by atoms with E-state index in [4.69, 9.17) is 9.15 Å². The number of nitrogens with one attached hydrogen (secondary N) is 1. The molecule has 0 aliphatic heterocycles. The summed E-state index contributed by atoms with van der Waals surface area (Å²) in [5.74, 6) is 2.34. The van der Waals surface area contributed by atoms with Gasteiger partial charge in [0.1, 0.15) is 5.75 Å². The summed E-state index contributed by atoms with van der Waals surface area (Å²) in [5.41, 5.74) is 2.09. The summed E-state index contributed by atoms with van der Waals surface area (Å²) in [6, 6.07) is 16.1. The normalized spacial score (nSPS) is 12.3. The minimum absolute atomic E-state index is 0.180. The SMILES string of the molecule is COc1ccc(C(NCc2nnc(-c3ccccc3Br)o2)C(C)C)cc1. The largest absolute Gasteiger partial charge is 0.497 e. The lowest BCUT2D eigenvalue weighted by Crippen LogP contribution is -2.25. The fourth-order valence-corrected chi connectivity index (χ4v) is 3.27. The Morgan fingerprint density at radius 3 is 2.46 bits per heavy atom. The highest BCUT2D eigenvalue weighted by molar-refractivity contribution is 9.10. The van der Waals surface area contributed by atoms with Gasteiger partial charge in [-0.3, -0.25) is 0 Å². The molecule has 0 radical (unpaired) electrons.